The lowest BCUT2D eigenvalue weighted by atomic mass is 10.1. The Morgan fingerprint density at radius 1 is 1.59 bits per heavy atom. The quantitative estimate of drug-likeness (QED) is 0.759. The molecule has 0 saturated heterocycles. The summed E-state index contributed by atoms with van der Waals surface area (Å²) in [6.45, 7) is 0.800. The Balaban J connectivity index is 3.00. The minimum Gasteiger partial charge on any atom is -0.368 e. The lowest BCUT2D eigenvalue weighted by molar-refractivity contribution is -0.116. The number of benzene rings is 1. The van der Waals surface area contributed by atoms with Gasteiger partial charge in [0.25, 0.3) is 0 Å². The van der Waals surface area contributed by atoms with Crippen molar-refractivity contribution in [3.63, 3.8) is 0 Å². The van der Waals surface area contributed by atoms with Crippen molar-refractivity contribution in [1.29, 1.82) is 5.26 Å². The minimum absolute atomic E-state index is 0.0973. The Morgan fingerprint density at radius 2 is 2.29 bits per heavy atom. The highest BCUT2D eigenvalue weighted by molar-refractivity contribution is 5.80. The Kier molecular flexibility index (Phi) is 4.49. The largest absolute Gasteiger partial charge is 0.368 e. The molecule has 0 aliphatic heterocycles. The highest BCUT2D eigenvalue weighted by Crippen LogP contribution is 2.20. The molecule has 1 amide bonds. The third-order valence-corrected chi connectivity index (χ3v) is 2.37. The summed E-state index contributed by atoms with van der Waals surface area (Å²) in [5, 5.41) is 12.1. The second-order valence-corrected chi connectivity index (χ2v) is 3.82. The summed E-state index contributed by atoms with van der Waals surface area (Å²) in [5.74, 6) is -0.421. The van der Waals surface area contributed by atoms with E-state index in [0.29, 0.717) is 17.8 Å². The number of nitrogens with two attached hydrogens (primary N) is 1. The number of carbonyl (C=O) groups is 1. The molecule has 0 bridgehead atoms. The van der Waals surface area contributed by atoms with Crippen molar-refractivity contribution in [2.75, 3.05) is 25.5 Å². The van der Waals surface area contributed by atoms with Gasteiger partial charge in [-0.25, -0.2) is 0 Å². The number of rotatable bonds is 5. The smallest absolute Gasteiger partial charge is 0.236 e. The number of nitrogens with zero attached hydrogens (tertiary/aromatic N) is 2. The Bertz CT molecular complexity index is 450. The number of amides is 1. The number of nitriles is 1. The third-order valence-electron chi connectivity index (χ3n) is 2.37. The molecule has 0 saturated carbocycles. The van der Waals surface area contributed by atoms with Crippen molar-refractivity contribution < 1.29 is 4.79 Å². The standard InChI is InChI=1S/C12H16N4O/c1-15-7-9-3-4-11(10(5-9)6-13)16(2)8-12(14)17/h3-5,15H,7-8H2,1-2H3,(H2,14,17). The summed E-state index contributed by atoms with van der Waals surface area (Å²) in [4.78, 5) is 12.5. The summed E-state index contributed by atoms with van der Waals surface area (Å²) >= 11 is 0. The summed E-state index contributed by atoms with van der Waals surface area (Å²) in [5.41, 5.74) is 7.41. The van der Waals surface area contributed by atoms with Gasteiger partial charge in [-0.3, -0.25) is 4.79 Å². The number of likely N-dealkylation sites (N-methyl/N-ethyl adjacent to an activating group) is 1. The summed E-state index contributed by atoms with van der Waals surface area (Å²) in [7, 11) is 3.58. The van der Waals surface area contributed by atoms with Crippen LogP contribution in [-0.2, 0) is 11.3 Å². The first-order valence-electron chi connectivity index (χ1n) is 5.25. The maximum absolute atomic E-state index is 10.8. The van der Waals surface area contributed by atoms with Crippen molar-refractivity contribution in [1.82, 2.24) is 5.32 Å². The summed E-state index contributed by atoms with van der Waals surface area (Å²) in [6.07, 6.45) is 0. The highest BCUT2D eigenvalue weighted by Gasteiger charge is 2.09. The molecular weight excluding hydrogens is 216 g/mol. The van der Waals surface area contributed by atoms with Gasteiger partial charge in [-0.15, -0.1) is 0 Å². The molecule has 3 N–H and O–H groups in total. The first-order valence-corrected chi connectivity index (χ1v) is 5.25. The minimum atomic E-state index is -0.421. The van der Waals surface area contributed by atoms with Crippen molar-refractivity contribution >= 4 is 11.6 Å². The lowest BCUT2D eigenvalue weighted by Gasteiger charge is -2.19. The fourth-order valence-corrected chi connectivity index (χ4v) is 1.64. The zero-order valence-electron chi connectivity index (χ0n) is 10.0. The van der Waals surface area contributed by atoms with Crippen LogP contribution in [0, 0.1) is 11.3 Å². The van der Waals surface area contributed by atoms with Gasteiger partial charge in [0.2, 0.25) is 5.91 Å². The van der Waals surface area contributed by atoms with Crippen LogP contribution in [0.4, 0.5) is 5.69 Å². The van der Waals surface area contributed by atoms with Crippen LogP contribution in [0.15, 0.2) is 18.2 Å². The van der Waals surface area contributed by atoms with Gasteiger partial charge in [0.1, 0.15) is 6.07 Å². The van der Waals surface area contributed by atoms with E-state index in [0.717, 1.165) is 5.56 Å². The molecule has 0 aromatic heterocycles. The Morgan fingerprint density at radius 3 is 2.82 bits per heavy atom. The van der Waals surface area contributed by atoms with Crippen LogP contribution in [0.5, 0.6) is 0 Å². The summed E-state index contributed by atoms with van der Waals surface area (Å²) in [6, 6.07) is 7.68. The van der Waals surface area contributed by atoms with E-state index >= 15 is 0 Å². The van der Waals surface area contributed by atoms with Gasteiger partial charge >= 0.3 is 0 Å². The van der Waals surface area contributed by atoms with E-state index in [1.807, 2.05) is 25.2 Å². The van der Waals surface area contributed by atoms with E-state index in [1.165, 1.54) is 0 Å². The van der Waals surface area contributed by atoms with Crippen LogP contribution in [0.25, 0.3) is 0 Å². The first-order chi connectivity index (χ1) is 8.08. The van der Waals surface area contributed by atoms with Crippen molar-refractivity contribution in [2.45, 2.75) is 6.54 Å². The number of hydrogen-bond donors (Lipinski definition) is 2. The van der Waals surface area contributed by atoms with E-state index in [4.69, 9.17) is 11.0 Å². The molecule has 0 unspecified atom stereocenters. The van der Waals surface area contributed by atoms with Gasteiger partial charge in [0.05, 0.1) is 17.8 Å². The number of nitrogens with one attached hydrogen (secondary N) is 1. The molecule has 0 radical (unpaired) electrons. The van der Waals surface area contributed by atoms with E-state index < -0.39 is 5.91 Å². The van der Waals surface area contributed by atoms with Crippen LogP contribution in [0.2, 0.25) is 0 Å². The molecule has 0 spiro atoms. The van der Waals surface area contributed by atoms with Gasteiger partial charge in [-0.1, -0.05) is 6.07 Å². The monoisotopic (exact) mass is 232 g/mol. The SMILES string of the molecule is CNCc1ccc(N(C)CC(N)=O)c(C#N)c1. The Labute approximate surface area is 101 Å². The molecular formula is C12H16N4O. The predicted molar refractivity (Wildman–Crippen MR) is 66.4 cm³/mol. The number of carbonyl (C=O) groups excluding carboxylic acids is 1. The topological polar surface area (TPSA) is 82.2 Å². The van der Waals surface area contributed by atoms with E-state index in [1.54, 1.807) is 11.9 Å². The zero-order chi connectivity index (χ0) is 12.8. The van der Waals surface area contributed by atoms with Crippen LogP contribution in [-0.4, -0.2) is 26.5 Å². The molecule has 17 heavy (non-hydrogen) atoms. The van der Waals surface area contributed by atoms with Crippen LogP contribution in [0.3, 0.4) is 0 Å². The molecule has 5 nitrogen and oxygen atoms in total. The highest BCUT2D eigenvalue weighted by atomic mass is 16.1. The third kappa shape index (κ3) is 3.47. The predicted octanol–water partition coefficient (Wildman–Crippen LogP) is 0.199. The molecule has 0 aliphatic rings. The molecule has 0 fully saturated rings. The average Bonchev–Trinajstić information content (AvgIpc) is 2.28. The van der Waals surface area contributed by atoms with E-state index in [-0.39, 0.29) is 6.54 Å². The number of anilines is 1. The van der Waals surface area contributed by atoms with Gasteiger partial charge in [-0.05, 0) is 24.7 Å². The fraction of sp³-hybridized carbons (Fsp3) is 0.333. The normalized spacial score (nSPS) is 9.71. The van der Waals surface area contributed by atoms with Gasteiger partial charge in [0, 0.05) is 13.6 Å². The molecule has 1 aromatic rings. The summed E-state index contributed by atoms with van der Waals surface area (Å²) < 4.78 is 0. The molecule has 0 heterocycles. The van der Waals surface area contributed by atoms with Crippen molar-refractivity contribution in [2.24, 2.45) is 5.73 Å². The van der Waals surface area contributed by atoms with Gasteiger partial charge in [0.15, 0.2) is 0 Å². The molecule has 5 heteroatoms. The van der Waals surface area contributed by atoms with E-state index in [9.17, 15) is 4.79 Å². The van der Waals surface area contributed by atoms with E-state index in [2.05, 4.69) is 11.4 Å². The Hall–Kier alpha value is -2.06. The maximum Gasteiger partial charge on any atom is 0.236 e. The number of primary amides is 1. The lowest BCUT2D eigenvalue weighted by Crippen LogP contribution is -2.31. The zero-order valence-corrected chi connectivity index (χ0v) is 10.0. The van der Waals surface area contributed by atoms with Crippen molar-refractivity contribution in [3.05, 3.63) is 29.3 Å². The maximum atomic E-state index is 10.8. The number of hydrogen-bond acceptors (Lipinski definition) is 4. The second-order valence-electron chi connectivity index (χ2n) is 3.82. The van der Waals surface area contributed by atoms with Gasteiger partial charge < -0.3 is 16.0 Å². The fourth-order valence-electron chi connectivity index (χ4n) is 1.64. The van der Waals surface area contributed by atoms with Crippen LogP contribution in [0.1, 0.15) is 11.1 Å². The second kappa shape index (κ2) is 5.87. The van der Waals surface area contributed by atoms with Crippen LogP contribution < -0.4 is 16.0 Å². The molecule has 90 valence electrons. The average molecular weight is 232 g/mol. The molecule has 0 aliphatic carbocycles. The first kappa shape index (κ1) is 13.0. The molecule has 1 aromatic carbocycles. The van der Waals surface area contributed by atoms with Crippen LogP contribution >= 0.6 is 0 Å². The molecule has 1 rings (SSSR count). The molecule has 0 atom stereocenters. The van der Waals surface area contributed by atoms with Gasteiger partial charge in [-0.2, -0.15) is 5.26 Å². The van der Waals surface area contributed by atoms with Crippen molar-refractivity contribution in [3.8, 4) is 6.07 Å².